The van der Waals surface area contributed by atoms with E-state index in [4.69, 9.17) is 0 Å². The predicted molar refractivity (Wildman–Crippen MR) is 105 cm³/mol. The molecule has 2 aromatic rings. The molecule has 1 aromatic carbocycles. The van der Waals surface area contributed by atoms with Crippen molar-refractivity contribution < 1.29 is 4.79 Å². The van der Waals surface area contributed by atoms with E-state index >= 15 is 0 Å². The molecule has 0 N–H and O–H groups in total. The van der Waals surface area contributed by atoms with Crippen molar-refractivity contribution in [1.29, 1.82) is 0 Å². The fraction of sp³-hybridized carbons (Fsp3) is 0.476. The number of thiophene rings is 1. The van der Waals surface area contributed by atoms with Gasteiger partial charge in [0.05, 0.1) is 0 Å². The molecule has 25 heavy (non-hydrogen) atoms. The molecule has 1 fully saturated rings. The Morgan fingerprint density at radius 1 is 1.28 bits per heavy atom. The Balaban J connectivity index is 1.47. The molecule has 134 valence electrons. The number of nitrogens with zero attached hydrogens (tertiary/aromatic N) is 2. The Morgan fingerprint density at radius 3 is 2.76 bits per heavy atom. The highest BCUT2D eigenvalue weighted by molar-refractivity contribution is 7.07. The maximum Gasteiger partial charge on any atom is 0.222 e. The first-order valence-electron chi connectivity index (χ1n) is 9.16. The summed E-state index contributed by atoms with van der Waals surface area (Å²) in [4.78, 5) is 16.9. The quantitative estimate of drug-likeness (QED) is 0.727. The summed E-state index contributed by atoms with van der Waals surface area (Å²) in [6.07, 6.45) is 3.73. The van der Waals surface area contributed by atoms with Crippen molar-refractivity contribution in [2.24, 2.45) is 0 Å². The van der Waals surface area contributed by atoms with Crippen molar-refractivity contribution in [3.63, 3.8) is 0 Å². The minimum Gasteiger partial charge on any atom is -0.342 e. The summed E-state index contributed by atoms with van der Waals surface area (Å²) < 4.78 is 0. The lowest BCUT2D eigenvalue weighted by molar-refractivity contribution is -0.130. The van der Waals surface area contributed by atoms with E-state index < -0.39 is 0 Å². The minimum atomic E-state index is 0.321. The van der Waals surface area contributed by atoms with Gasteiger partial charge in [0.15, 0.2) is 0 Å². The molecule has 1 aliphatic heterocycles. The summed E-state index contributed by atoms with van der Waals surface area (Å²) in [5.41, 5.74) is 2.73. The molecular weight excluding hydrogens is 328 g/mol. The van der Waals surface area contributed by atoms with Crippen LogP contribution >= 0.6 is 11.3 Å². The van der Waals surface area contributed by atoms with Crippen LogP contribution in [0.5, 0.6) is 0 Å². The van der Waals surface area contributed by atoms with Crippen molar-refractivity contribution in [1.82, 2.24) is 9.80 Å². The molecule has 1 unspecified atom stereocenters. The van der Waals surface area contributed by atoms with Crippen LogP contribution in [0.25, 0.3) is 0 Å². The Morgan fingerprint density at radius 2 is 2.08 bits per heavy atom. The first-order valence-corrected chi connectivity index (χ1v) is 10.1. The van der Waals surface area contributed by atoms with Crippen LogP contribution < -0.4 is 0 Å². The van der Waals surface area contributed by atoms with Gasteiger partial charge in [-0.2, -0.15) is 11.3 Å². The predicted octanol–water partition coefficient (Wildman–Crippen LogP) is 4.54. The van der Waals surface area contributed by atoms with E-state index in [9.17, 15) is 4.79 Å². The third kappa shape index (κ3) is 4.71. The molecule has 0 bridgehead atoms. The van der Waals surface area contributed by atoms with Crippen LogP contribution in [0.15, 0.2) is 47.2 Å². The summed E-state index contributed by atoms with van der Waals surface area (Å²) in [6.45, 7) is 1.78. The molecule has 1 amide bonds. The second-order valence-corrected chi connectivity index (χ2v) is 7.94. The van der Waals surface area contributed by atoms with Gasteiger partial charge in [0.2, 0.25) is 5.91 Å². The number of carbonyl (C=O) groups is 1. The Labute approximate surface area is 155 Å². The highest BCUT2D eigenvalue weighted by Crippen LogP contribution is 2.29. The standard InChI is InChI=1S/C21H28N2OS/c1-22(2)20(19-12-14-25-16-19)9-6-10-21(24)23-13-11-18(15-23)17-7-4-3-5-8-17/h3-5,7-8,12,14,16,18,20H,6,9-11,13,15H2,1-2H3/t18-,20?/m0/s1. The minimum absolute atomic E-state index is 0.321. The van der Waals surface area contributed by atoms with E-state index in [1.54, 1.807) is 11.3 Å². The fourth-order valence-electron chi connectivity index (χ4n) is 3.78. The van der Waals surface area contributed by atoms with Gasteiger partial charge in [-0.25, -0.2) is 0 Å². The van der Waals surface area contributed by atoms with Crippen molar-refractivity contribution in [3.05, 3.63) is 58.3 Å². The molecule has 0 aliphatic carbocycles. The second-order valence-electron chi connectivity index (χ2n) is 7.16. The Bertz CT molecular complexity index is 654. The molecule has 1 saturated heterocycles. The molecule has 3 rings (SSSR count). The van der Waals surface area contributed by atoms with E-state index in [-0.39, 0.29) is 0 Å². The third-order valence-corrected chi connectivity index (χ3v) is 5.93. The van der Waals surface area contributed by atoms with Crippen molar-refractivity contribution in [2.75, 3.05) is 27.2 Å². The number of benzene rings is 1. The van der Waals surface area contributed by atoms with Crippen LogP contribution in [0.4, 0.5) is 0 Å². The number of carbonyl (C=O) groups excluding carboxylic acids is 1. The molecule has 0 saturated carbocycles. The molecule has 1 aromatic heterocycles. The summed E-state index contributed by atoms with van der Waals surface area (Å²) in [6, 6.07) is 13.2. The van der Waals surface area contributed by atoms with Crippen LogP contribution in [0.3, 0.4) is 0 Å². The summed E-state index contributed by atoms with van der Waals surface area (Å²) in [7, 11) is 4.24. The molecule has 0 radical (unpaired) electrons. The van der Waals surface area contributed by atoms with E-state index in [0.717, 1.165) is 32.4 Å². The summed E-state index contributed by atoms with van der Waals surface area (Å²) in [5, 5.41) is 4.35. The molecule has 3 nitrogen and oxygen atoms in total. The molecule has 2 atom stereocenters. The van der Waals surface area contributed by atoms with Crippen molar-refractivity contribution in [3.8, 4) is 0 Å². The first kappa shape index (κ1) is 18.2. The normalized spacial score (nSPS) is 18.7. The monoisotopic (exact) mass is 356 g/mol. The second kappa shape index (κ2) is 8.63. The van der Waals surface area contributed by atoms with Crippen molar-refractivity contribution >= 4 is 17.2 Å². The van der Waals surface area contributed by atoms with Gasteiger partial charge in [-0.1, -0.05) is 30.3 Å². The van der Waals surface area contributed by atoms with Crippen LogP contribution in [-0.2, 0) is 4.79 Å². The lowest BCUT2D eigenvalue weighted by Crippen LogP contribution is -2.28. The highest BCUT2D eigenvalue weighted by atomic mass is 32.1. The summed E-state index contributed by atoms with van der Waals surface area (Å²) in [5.74, 6) is 0.826. The topological polar surface area (TPSA) is 23.6 Å². The number of hydrogen-bond donors (Lipinski definition) is 0. The zero-order valence-electron chi connectivity index (χ0n) is 15.2. The lowest BCUT2D eigenvalue weighted by Gasteiger charge is -2.24. The Kier molecular flexibility index (Phi) is 6.27. The van der Waals surface area contributed by atoms with E-state index in [1.807, 2.05) is 0 Å². The van der Waals surface area contributed by atoms with Crippen molar-refractivity contribution in [2.45, 2.75) is 37.6 Å². The molecule has 1 aliphatic rings. The maximum absolute atomic E-state index is 12.6. The fourth-order valence-corrected chi connectivity index (χ4v) is 4.48. The zero-order valence-corrected chi connectivity index (χ0v) is 16.0. The van der Waals surface area contributed by atoms with E-state index in [1.165, 1.54) is 11.1 Å². The van der Waals surface area contributed by atoms with Gasteiger partial charge >= 0.3 is 0 Å². The largest absolute Gasteiger partial charge is 0.342 e. The van der Waals surface area contributed by atoms with E-state index in [2.05, 4.69) is 71.1 Å². The van der Waals surface area contributed by atoms with Crippen LogP contribution in [0.2, 0.25) is 0 Å². The molecular formula is C21H28N2OS. The molecule has 0 spiro atoms. The zero-order chi connectivity index (χ0) is 17.6. The average molecular weight is 357 g/mol. The van der Waals surface area contributed by atoms with Crippen LogP contribution in [0, 0.1) is 0 Å². The maximum atomic E-state index is 12.6. The van der Waals surface area contributed by atoms with Gasteiger partial charge in [0.25, 0.3) is 0 Å². The average Bonchev–Trinajstić information content (AvgIpc) is 3.30. The number of hydrogen-bond acceptors (Lipinski definition) is 3. The lowest BCUT2D eigenvalue weighted by atomic mass is 9.99. The SMILES string of the molecule is CN(C)C(CCCC(=O)N1CC[C@H](c2ccccc2)C1)c1ccsc1. The molecule has 4 heteroatoms. The van der Waals surface area contributed by atoms with Gasteiger partial charge < -0.3 is 9.80 Å². The highest BCUT2D eigenvalue weighted by Gasteiger charge is 2.27. The smallest absolute Gasteiger partial charge is 0.222 e. The van der Waals surface area contributed by atoms with Crippen LogP contribution in [-0.4, -0.2) is 42.9 Å². The first-order chi connectivity index (χ1) is 12.1. The molecule has 2 heterocycles. The number of rotatable bonds is 7. The number of amides is 1. The Hall–Kier alpha value is -1.65. The van der Waals surface area contributed by atoms with Gasteiger partial charge in [0, 0.05) is 31.5 Å². The van der Waals surface area contributed by atoms with Gasteiger partial charge in [-0.15, -0.1) is 0 Å². The van der Waals surface area contributed by atoms with Gasteiger partial charge in [0.1, 0.15) is 0 Å². The van der Waals surface area contributed by atoms with E-state index in [0.29, 0.717) is 24.3 Å². The van der Waals surface area contributed by atoms with Gasteiger partial charge in [-0.05, 0) is 61.3 Å². The summed E-state index contributed by atoms with van der Waals surface area (Å²) >= 11 is 1.74. The number of likely N-dealkylation sites (tertiary alicyclic amines) is 1. The van der Waals surface area contributed by atoms with Crippen LogP contribution in [0.1, 0.15) is 48.8 Å². The third-order valence-electron chi connectivity index (χ3n) is 5.23. The van der Waals surface area contributed by atoms with Gasteiger partial charge in [-0.3, -0.25) is 4.79 Å².